The molecule has 0 spiro atoms. The minimum atomic E-state index is -3.72. The number of carbonyl (C=O) groups is 1. The van der Waals surface area contributed by atoms with Gasteiger partial charge in [-0.1, -0.05) is 12.1 Å². The molecule has 0 atom stereocenters. The summed E-state index contributed by atoms with van der Waals surface area (Å²) in [7, 11) is -3.72. The molecule has 24 heavy (non-hydrogen) atoms. The second-order valence-corrected chi connectivity index (χ2v) is 9.30. The van der Waals surface area contributed by atoms with Crippen LogP contribution in [0.3, 0.4) is 0 Å². The van der Waals surface area contributed by atoms with E-state index in [4.69, 9.17) is 0 Å². The molecule has 0 aliphatic heterocycles. The first-order valence-corrected chi connectivity index (χ1v) is 9.69. The molecule has 7 heteroatoms. The summed E-state index contributed by atoms with van der Waals surface area (Å²) in [5, 5.41) is 11.0. The van der Waals surface area contributed by atoms with Crippen molar-refractivity contribution in [3.63, 3.8) is 0 Å². The van der Waals surface area contributed by atoms with E-state index in [2.05, 4.69) is 4.72 Å². The van der Waals surface area contributed by atoms with Gasteiger partial charge in [-0.15, -0.1) is 0 Å². The molecule has 0 aromatic heterocycles. The normalized spacial score (nSPS) is 33.9. The van der Waals surface area contributed by atoms with E-state index in [1.165, 1.54) is 43.5 Å². The third kappa shape index (κ3) is 3.31. The third-order valence-electron chi connectivity index (χ3n) is 5.77. The zero-order chi connectivity index (χ0) is 16.2. The summed E-state index contributed by atoms with van der Waals surface area (Å²) >= 11 is 0. The minimum absolute atomic E-state index is 0. The number of hydrogen-bond donors (Lipinski definition) is 1. The summed E-state index contributed by atoms with van der Waals surface area (Å²) in [5.74, 6) is 0.548. The number of aromatic carboxylic acids is 1. The summed E-state index contributed by atoms with van der Waals surface area (Å²) in [6, 6.07) is 5.41. The van der Waals surface area contributed by atoms with Crippen LogP contribution in [0, 0.1) is 17.8 Å². The van der Waals surface area contributed by atoms with Crippen LogP contribution in [0.15, 0.2) is 29.2 Å². The molecule has 5 rings (SSSR count). The van der Waals surface area contributed by atoms with E-state index in [-0.39, 0.29) is 45.6 Å². The molecule has 4 saturated carbocycles. The van der Waals surface area contributed by atoms with E-state index in [1.807, 2.05) is 0 Å². The first kappa shape index (κ1) is 18.4. The van der Waals surface area contributed by atoms with Crippen LogP contribution in [0.4, 0.5) is 0 Å². The first-order chi connectivity index (χ1) is 10.9. The van der Waals surface area contributed by atoms with Gasteiger partial charge in [0, 0.05) is 35.1 Å². The molecule has 4 aliphatic carbocycles. The SMILES string of the molecule is O=C([O-])c1cccc(S(=O)(=O)NC23CC4CC(CC(C4)C2)C3)c1.[Na]. The molecule has 4 aliphatic rings. The maximum Gasteiger partial charge on any atom is 0.241 e. The Hall–Kier alpha value is -0.400. The molecule has 5 nitrogen and oxygen atoms in total. The molecular formula is C17H20NNaO4S-. The van der Waals surface area contributed by atoms with Crippen molar-refractivity contribution in [3.05, 3.63) is 29.8 Å². The van der Waals surface area contributed by atoms with Crippen molar-refractivity contribution in [2.75, 3.05) is 0 Å². The van der Waals surface area contributed by atoms with Gasteiger partial charge in [0.05, 0.1) is 10.9 Å². The van der Waals surface area contributed by atoms with Crippen molar-refractivity contribution in [2.45, 2.75) is 49.0 Å². The molecule has 4 bridgehead atoms. The molecular weight excluding hydrogens is 337 g/mol. The first-order valence-electron chi connectivity index (χ1n) is 8.21. The Morgan fingerprint density at radius 1 is 1.08 bits per heavy atom. The van der Waals surface area contributed by atoms with Crippen LogP contribution in [0.25, 0.3) is 0 Å². The fourth-order valence-electron chi connectivity index (χ4n) is 5.37. The largest absolute Gasteiger partial charge is 0.545 e. The van der Waals surface area contributed by atoms with Gasteiger partial charge in [-0.2, -0.15) is 0 Å². The molecule has 1 N–H and O–H groups in total. The van der Waals surface area contributed by atoms with E-state index in [9.17, 15) is 18.3 Å². The number of rotatable bonds is 4. The monoisotopic (exact) mass is 357 g/mol. The minimum Gasteiger partial charge on any atom is -0.545 e. The van der Waals surface area contributed by atoms with Crippen molar-refractivity contribution in [1.82, 2.24) is 4.72 Å². The van der Waals surface area contributed by atoms with Crippen LogP contribution in [0.5, 0.6) is 0 Å². The second-order valence-electron chi connectivity index (χ2n) is 7.62. The van der Waals surface area contributed by atoms with Crippen LogP contribution >= 0.6 is 0 Å². The molecule has 4 fully saturated rings. The Kier molecular flexibility index (Phi) is 4.90. The Labute approximate surface area is 164 Å². The van der Waals surface area contributed by atoms with Gasteiger partial charge in [-0.3, -0.25) is 0 Å². The van der Waals surface area contributed by atoms with Crippen molar-refractivity contribution >= 4 is 45.5 Å². The van der Waals surface area contributed by atoms with Crippen molar-refractivity contribution < 1.29 is 18.3 Å². The molecule has 0 saturated heterocycles. The topological polar surface area (TPSA) is 86.3 Å². The summed E-state index contributed by atoms with van der Waals surface area (Å²) in [5.41, 5.74) is -0.441. The van der Waals surface area contributed by atoms with Crippen LogP contribution in [0.1, 0.15) is 48.9 Å². The molecule has 0 heterocycles. The van der Waals surface area contributed by atoms with Gasteiger partial charge in [0.1, 0.15) is 0 Å². The van der Waals surface area contributed by atoms with E-state index >= 15 is 0 Å². The fraction of sp³-hybridized carbons (Fsp3) is 0.588. The van der Waals surface area contributed by atoms with Gasteiger partial charge < -0.3 is 9.90 Å². The number of carboxylic acids is 1. The summed E-state index contributed by atoms with van der Waals surface area (Å²) in [6.45, 7) is 0. The molecule has 0 amide bonds. The van der Waals surface area contributed by atoms with Crippen molar-refractivity contribution in [3.8, 4) is 0 Å². The predicted molar refractivity (Wildman–Crippen MR) is 87.8 cm³/mol. The number of hydrogen-bond acceptors (Lipinski definition) is 4. The molecule has 125 valence electrons. The van der Waals surface area contributed by atoms with Crippen LogP contribution in [-0.2, 0) is 10.0 Å². The Morgan fingerprint density at radius 3 is 2.12 bits per heavy atom. The quantitative estimate of drug-likeness (QED) is 0.812. The summed E-state index contributed by atoms with van der Waals surface area (Å²) < 4.78 is 28.5. The number of carbonyl (C=O) groups excluding carboxylic acids is 1. The average molecular weight is 357 g/mol. The predicted octanol–water partition coefficient (Wildman–Crippen LogP) is 0.916. The Bertz CT molecular complexity index is 726. The van der Waals surface area contributed by atoms with Gasteiger partial charge in [-0.25, -0.2) is 13.1 Å². The van der Waals surface area contributed by atoms with Gasteiger partial charge in [-0.05, 0) is 74.0 Å². The molecule has 1 aromatic carbocycles. The van der Waals surface area contributed by atoms with Crippen LogP contribution in [0.2, 0.25) is 0 Å². The number of benzene rings is 1. The maximum atomic E-state index is 12.8. The number of carboxylic acid groups (broad SMARTS) is 1. The van der Waals surface area contributed by atoms with E-state index in [0.717, 1.165) is 19.3 Å². The van der Waals surface area contributed by atoms with Crippen LogP contribution in [-0.4, -0.2) is 49.5 Å². The Balaban J connectivity index is 0.00000169. The van der Waals surface area contributed by atoms with Crippen molar-refractivity contribution in [1.29, 1.82) is 0 Å². The number of sulfonamides is 1. The summed E-state index contributed by atoms with van der Waals surface area (Å²) in [4.78, 5) is 11.0. The smallest absolute Gasteiger partial charge is 0.241 e. The average Bonchev–Trinajstić information content (AvgIpc) is 2.44. The van der Waals surface area contributed by atoms with Gasteiger partial charge in [0.2, 0.25) is 10.0 Å². The summed E-state index contributed by atoms with van der Waals surface area (Å²) in [6.07, 6.45) is 6.46. The fourth-order valence-corrected chi connectivity index (χ4v) is 6.85. The Morgan fingerprint density at radius 2 is 1.62 bits per heavy atom. The van der Waals surface area contributed by atoms with E-state index in [0.29, 0.717) is 17.8 Å². The van der Waals surface area contributed by atoms with E-state index < -0.39 is 16.0 Å². The maximum absolute atomic E-state index is 12.8. The van der Waals surface area contributed by atoms with Gasteiger partial charge in [0.15, 0.2) is 0 Å². The van der Waals surface area contributed by atoms with Gasteiger partial charge in [0.25, 0.3) is 0 Å². The van der Waals surface area contributed by atoms with Crippen LogP contribution < -0.4 is 9.83 Å². The molecule has 1 aromatic rings. The zero-order valence-electron chi connectivity index (χ0n) is 13.8. The molecule has 1 radical (unpaired) electrons. The molecule has 0 unspecified atom stereocenters. The second kappa shape index (κ2) is 6.40. The third-order valence-corrected chi connectivity index (χ3v) is 7.35. The van der Waals surface area contributed by atoms with Gasteiger partial charge >= 0.3 is 0 Å². The standard InChI is InChI=1S/C17H21NO4S.Na/c19-16(20)14-2-1-3-15(7-14)23(21,22)18-17-8-11-4-12(9-17)6-13(5-11)10-17;/h1-3,7,11-13,18H,4-6,8-10H2,(H,19,20);/p-1. The zero-order valence-corrected chi connectivity index (χ0v) is 16.6. The van der Waals surface area contributed by atoms with Crippen molar-refractivity contribution in [2.24, 2.45) is 17.8 Å². The number of nitrogens with one attached hydrogen (secondary N) is 1. The van der Waals surface area contributed by atoms with E-state index in [1.54, 1.807) is 0 Å².